The molecule has 1 heteroatoms. The first-order valence-corrected chi connectivity index (χ1v) is 15.5. The molecule has 1 heterocycles. The summed E-state index contributed by atoms with van der Waals surface area (Å²) < 4.78 is 51.2. The fraction of sp³-hybridized carbons (Fsp3) is 0.0222. The third kappa shape index (κ3) is 3.46. The predicted molar refractivity (Wildman–Crippen MR) is 190 cm³/mol. The van der Waals surface area contributed by atoms with Gasteiger partial charge in [-0.2, -0.15) is 0 Å². The largest absolute Gasteiger partial charge is 0.456 e. The molecule has 0 fully saturated rings. The number of benzene rings is 8. The quantitative estimate of drug-likeness (QED) is 0.199. The van der Waals surface area contributed by atoms with Gasteiger partial charge < -0.3 is 4.74 Å². The van der Waals surface area contributed by atoms with Gasteiger partial charge in [-0.15, -0.1) is 0 Å². The lowest BCUT2D eigenvalue weighted by atomic mass is 9.67. The molecule has 0 bridgehead atoms. The summed E-state index contributed by atoms with van der Waals surface area (Å²) in [5.74, 6) is 1.64. The van der Waals surface area contributed by atoms with Crippen LogP contribution in [0, 0.1) is 0 Å². The summed E-state index contributed by atoms with van der Waals surface area (Å²) in [7, 11) is 0. The highest BCUT2D eigenvalue weighted by atomic mass is 16.5. The fourth-order valence-corrected chi connectivity index (χ4v) is 7.79. The van der Waals surface area contributed by atoms with Gasteiger partial charge in [0.05, 0.1) is 12.3 Å². The minimum atomic E-state index is -1.21. The Morgan fingerprint density at radius 1 is 0.435 bits per heavy atom. The van der Waals surface area contributed by atoms with Crippen molar-refractivity contribution in [2.24, 2.45) is 0 Å². The second-order valence-corrected chi connectivity index (χ2v) is 12.1. The van der Waals surface area contributed by atoms with Gasteiger partial charge >= 0.3 is 0 Å². The van der Waals surface area contributed by atoms with Crippen molar-refractivity contribution in [3.63, 3.8) is 0 Å². The summed E-state index contributed by atoms with van der Waals surface area (Å²) in [5, 5.41) is 4.28. The van der Waals surface area contributed by atoms with Crippen LogP contribution in [0.25, 0.3) is 54.9 Å². The van der Waals surface area contributed by atoms with Crippen LogP contribution in [0.5, 0.6) is 11.5 Å². The monoisotopic (exact) mass is 589 g/mol. The summed E-state index contributed by atoms with van der Waals surface area (Å²) >= 11 is 0. The molecule has 46 heavy (non-hydrogen) atoms. The molecule has 0 saturated heterocycles. The molecule has 0 saturated carbocycles. The summed E-state index contributed by atoms with van der Waals surface area (Å²) in [6.07, 6.45) is 0. The first kappa shape index (κ1) is 20.9. The van der Waals surface area contributed by atoms with E-state index in [0.29, 0.717) is 0 Å². The lowest BCUT2D eigenvalue weighted by Gasteiger charge is -2.34. The van der Waals surface area contributed by atoms with Gasteiger partial charge in [-0.1, -0.05) is 139 Å². The van der Waals surface area contributed by atoms with E-state index in [1.54, 1.807) is 0 Å². The van der Waals surface area contributed by atoms with E-state index in [0.717, 1.165) is 83.1 Å². The molecule has 1 aliphatic carbocycles. The standard InChI is InChI=1S/C45H28O/c1-2-14-34(15-3-1)45(35-23-20-29-10-4-5-11-31(29)26-35)40-18-7-6-16-36(40)37-24-21-33(28-41(37)45)32-22-25-42-39(27-32)38-17-8-12-30-13-9-19-43(46-42)44(30)38/h1-28H/i1D,2D,3D,14D,15D. The Kier molecular flexibility index (Phi) is 4.34. The van der Waals surface area contributed by atoms with Gasteiger partial charge in [0, 0.05) is 10.9 Å². The molecular weight excluding hydrogens is 556 g/mol. The second kappa shape index (κ2) is 9.54. The van der Waals surface area contributed by atoms with Crippen LogP contribution in [0.15, 0.2) is 170 Å². The molecule has 8 aromatic carbocycles. The minimum Gasteiger partial charge on any atom is -0.456 e. The van der Waals surface area contributed by atoms with Crippen LogP contribution in [-0.2, 0) is 5.41 Å². The number of fused-ring (bicyclic) bond motifs is 6. The third-order valence-corrected chi connectivity index (χ3v) is 9.79. The van der Waals surface area contributed by atoms with E-state index in [4.69, 9.17) is 8.85 Å². The lowest BCUT2D eigenvalue weighted by molar-refractivity contribution is 0.487. The zero-order valence-electron chi connectivity index (χ0n) is 29.7. The van der Waals surface area contributed by atoms with E-state index in [1.807, 2.05) is 48.5 Å². The van der Waals surface area contributed by atoms with Crippen molar-refractivity contribution in [3.05, 3.63) is 192 Å². The van der Waals surface area contributed by atoms with Crippen molar-refractivity contribution in [1.29, 1.82) is 0 Å². The Balaban J connectivity index is 1.28. The maximum absolute atomic E-state index is 9.37. The van der Waals surface area contributed by atoms with Gasteiger partial charge in [-0.3, -0.25) is 0 Å². The van der Waals surface area contributed by atoms with E-state index in [2.05, 4.69) is 91.0 Å². The summed E-state index contributed by atoms with van der Waals surface area (Å²) in [6.45, 7) is 0. The predicted octanol–water partition coefficient (Wildman–Crippen LogP) is 11.8. The Morgan fingerprint density at radius 2 is 1.15 bits per heavy atom. The van der Waals surface area contributed by atoms with E-state index in [9.17, 15) is 2.74 Å². The number of hydrogen-bond acceptors (Lipinski definition) is 1. The average Bonchev–Trinajstić information content (AvgIpc) is 3.46. The molecular formula is C45H28O. The minimum absolute atomic E-state index is 0.208. The van der Waals surface area contributed by atoms with Gasteiger partial charge in [0.25, 0.3) is 0 Å². The molecule has 0 N–H and O–H groups in total. The number of ether oxygens (including phenoxy) is 1. The van der Waals surface area contributed by atoms with Crippen LogP contribution in [0.3, 0.4) is 0 Å². The highest BCUT2D eigenvalue weighted by Gasteiger charge is 2.46. The summed E-state index contributed by atoms with van der Waals surface area (Å²) in [6, 6.07) is 46.0. The average molecular weight is 590 g/mol. The first-order chi connectivity index (χ1) is 24.9. The summed E-state index contributed by atoms with van der Waals surface area (Å²) in [5.41, 5.74) is 7.63. The van der Waals surface area contributed by atoms with E-state index in [1.165, 1.54) is 0 Å². The molecule has 1 nitrogen and oxygen atoms in total. The first-order valence-electron chi connectivity index (χ1n) is 18.0. The molecule has 0 amide bonds. The van der Waals surface area contributed by atoms with Crippen LogP contribution in [0.1, 0.15) is 29.1 Å². The van der Waals surface area contributed by atoms with Crippen molar-refractivity contribution in [2.75, 3.05) is 0 Å². The van der Waals surface area contributed by atoms with Crippen LogP contribution < -0.4 is 4.74 Å². The van der Waals surface area contributed by atoms with Crippen molar-refractivity contribution in [2.45, 2.75) is 5.41 Å². The maximum atomic E-state index is 9.37. The zero-order valence-corrected chi connectivity index (χ0v) is 24.7. The molecule has 0 spiro atoms. The Morgan fingerprint density at radius 3 is 2.07 bits per heavy atom. The third-order valence-electron chi connectivity index (χ3n) is 9.79. The van der Waals surface area contributed by atoms with Crippen molar-refractivity contribution < 1.29 is 11.6 Å². The van der Waals surface area contributed by atoms with Crippen LogP contribution in [-0.4, -0.2) is 0 Å². The van der Waals surface area contributed by atoms with E-state index < -0.39 is 11.5 Å². The number of rotatable bonds is 3. The highest BCUT2D eigenvalue weighted by molar-refractivity contribution is 6.04. The van der Waals surface area contributed by atoms with Gasteiger partial charge in [0.15, 0.2) is 0 Å². The van der Waals surface area contributed by atoms with Crippen LogP contribution >= 0.6 is 0 Å². The van der Waals surface area contributed by atoms with Crippen LogP contribution in [0.2, 0.25) is 0 Å². The maximum Gasteiger partial charge on any atom is 0.135 e. The van der Waals surface area contributed by atoms with Gasteiger partial charge in [-0.05, 0) is 96.6 Å². The number of hydrogen-bond donors (Lipinski definition) is 0. The van der Waals surface area contributed by atoms with Gasteiger partial charge in [0.1, 0.15) is 11.5 Å². The fourth-order valence-electron chi connectivity index (χ4n) is 7.79. The molecule has 8 aromatic rings. The smallest absolute Gasteiger partial charge is 0.135 e. The van der Waals surface area contributed by atoms with E-state index >= 15 is 0 Å². The van der Waals surface area contributed by atoms with Crippen LogP contribution in [0.4, 0.5) is 0 Å². The Hall–Kier alpha value is -5.92. The van der Waals surface area contributed by atoms with Crippen molar-refractivity contribution in [1.82, 2.24) is 0 Å². The zero-order chi connectivity index (χ0) is 34.6. The van der Waals surface area contributed by atoms with E-state index in [-0.39, 0.29) is 29.7 Å². The molecule has 0 aromatic heterocycles. The molecule has 1 aliphatic heterocycles. The topological polar surface area (TPSA) is 9.23 Å². The Bertz CT molecular complexity index is 2770. The van der Waals surface area contributed by atoms with Crippen molar-refractivity contribution in [3.8, 4) is 44.9 Å². The Labute approximate surface area is 275 Å². The summed E-state index contributed by atoms with van der Waals surface area (Å²) in [4.78, 5) is 0. The van der Waals surface area contributed by atoms with Crippen molar-refractivity contribution >= 4 is 21.5 Å². The van der Waals surface area contributed by atoms with Gasteiger partial charge in [-0.25, -0.2) is 0 Å². The molecule has 0 radical (unpaired) electrons. The SMILES string of the molecule is [2H]c1c([2H])c([2H])c(C2(c3ccc4ccccc4c3)c3ccccc3-c3ccc(-c4ccc5c(c4)-c4cccc6cccc(c46)O5)cc32)c([2H])c1[2H]. The highest BCUT2D eigenvalue weighted by Crippen LogP contribution is 2.57. The molecule has 1 atom stereocenters. The molecule has 2 aliphatic rings. The molecule has 214 valence electrons. The normalized spacial score (nSPS) is 17.2. The lowest BCUT2D eigenvalue weighted by Crippen LogP contribution is -2.28. The second-order valence-electron chi connectivity index (χ2n) is 12.1. The molecule has 10 rings (SSSR count). The molecule has 1 unspecified atom stereocenters. The van der Waals surface area contributed by atoms with Gasteiger partial charge in [0.2, 0.25) is 0 Å².